The van der Waals surface area contributed by atoms with Gasteiger partial charge < -0.3 is 10.2 Å². The topological polar surface area (TPSA) is 41.1 Å². The van der Waals surface area contributed by atoms with Gasteiger partial charge in [0.05, 0.1) is 4.47 Å². The van der Waals surface area contributed by atoms with Crippen molar-refractivity contribution in [3.63, 3.8) is 0 Å². The molecule has 0 amide bonds. The summed E-state index contributed by atoms with van der Waals surface area (Å²) in [5.41, 5.74) is 0. The summed E-state index contributed by atoms with van der Waals surface area (Å²) in [6.07, 6.45) is 3.05. The number of nitrogens with zero attached hydrogens (tertiary/aromatic N) is 3. The Labute approximate surface area is 115 Å². The highest BCUT2D eigenvalue weighted by Gasteiger charge is 2.15. The molecule has 17 heavy (non-hydrogen) atoms. The average Bonchev–Trinajstić information content (AvgIpc) is 2.60. The van der Waals surface area contributed by atoms with Gasteiger partial charge in [-0.1, -0.05) is 0 Å². The third kappa shape index (κ3) is 3.48. The van der Waals surface area contributed by atoms with Gasteiger partial charge in [0, 0.05) is 31.6 Å². The molecular formula is C11H17BrN4S. The van der Waals surface area contributed by atoms with E-state index in [1.54, 1.807) is 0 Å². The zero-order valence-electron chi connectivity index (χ0n) is 9.95. The lowest BCUT2D eigenvalue weighted by atomic mass is 10.4. The van der Waals surface area contributed by atoms with Gasteiger partial charge in [0.15, 0.2) is 0 Å². The van der Waals surface area contributed by atoms with E-state index in [-0.39, 0.29) is 0 Å². The van der Waals surface area contributed by atoms with Crippen LogP contribution in [0.1, 0.15) is 13.3 Å². The Bertz CT molecular complexity index is 366. The van der Waals surface area contributed by atoms with Gasteiger partial charge >= 0.3 is 0 Å². The fourth-order valence-electron chi connectivity index (χ4n) is 1.78. The molecule has 0 bridgehead atoms. The minimum atomic E-state index is 0.711. The molecule has 2 heterocycles. The Hall–Kier alpha value is -0.490. The van der Waals surface area contributed by atoms with Crippen molar-refractivity contribution >= 4 is 39.5 Å². The number of halogens is 1. The highest BCUT2D eigenvalue weighted by molar-refractivity contribution is 9.10. The maximum Gasteiger partial charge on any atom is 0.224 e. The van der Waals surface area contributed by atoms with Crippen molar-refractivity contribution in [2.45, 2.75) is 13.3 Å². The van der Waals surface area contributed by atoms with Crippen LogP contribution in [0.4, 0.5) is 11.8 Å². The summed E-state index contributed by atoms with van der Waals surface area (Å²) < 4.78 is 0.978. The van der Waals surface area contributed by atoms with Crippen molar-refractivity contribution < 1.29 is 0 Å². The summed E-state index contributed by atoms with van der Waals surface area (Å²) >= 11 is 5.56. The normalized spacial score (nSPS) is 16.7. The zero-order chi connectivity index (χ0) is 12.1. The number of nitrogens with one attached hydrogen (secondary N) is 1. The second-order valence-electron chi connectivity index (χ2n) is 3.85. The third-order valence-corrected chi connectivity index (χ3v) is 4.19. The Morgan fingerprint density at radius 3 is 3.18 bits per heavy atom. The number of thioether (sulfide) groups is 1. The lowest BCUT2D eigenvalue weighted by Gasteiger charge is -2.22. The Kier molecular flexibility index (Phi) is 4.91. The number of hydrogen-bond donors (Lipinski definition) is 1. The SMILES string of the molecule is CCNc1ncc(Br)c(N2CCCSCC2)n1. The van der Waals surface area contributed by atoms with Crippen LogP contribution in [-0.2, 0) is 0 Å². The Morgan fingerprint density at radius 2 is 2.35 bits per heavy atom. The lowest BCUT2D eigenvalue weighted by molar-refractivity contribution is 0.796. The highest BCUT2D eigenvalue weighted by atomic mass is 79.9. The van der Waals surface area contributed by atoms with Crippen molar-refractivity contribution in [3.8, 4) is 0 Å². The molecule has 1 aliphatic rings. The van der Waals surface area contributed by atoms with Crippen molar-refractivity contribution in [2.75, 3.05) is 41.4 Å². The standard InChI is InChI=1S/C11H17BrN4S/c1-2-13-11-14-8-9(12)10(15-11)16-4-3-6-17-7-5-16/h8H,2-7H2,1H3,(H,13,14,15). The van der Waals surface area contributed by atoms with Crippen LogP contribution in [0.15, 0.2) is 10.7 Å². The van der Waals surface area contributed by atoms with E-state index in [4.69, 9.17) is 0 Å². The Balaban J connectivity index is 2.19. The molecule has 1 fully saturated rings. The lowest BCUT2D eigenvalue weighted by Crippen LogP contribution is -2.27. The fourth-order valence-corrected chi connectivity index (χ4v) is 3.11. The van der Waals surface area contributed by atoms with E-state index < -0.39 is 0 Å². The van der Waals surface area contributed by atoms with E-state index >= 15 is 0 Å². The summed E-state index contributed by atoms with van der Waals surface area (Å²) in [6, 6.07) is 0. The molecule has 1 aromatic heterocycles. The van der Waals surface area contributed by atoms with Crippen LogP contribution in [-0.4, -0.2) is 41.1 Å². The van der Waals surface area contributed by atoms with Crippen molar-refractivity contribution in [3.05, 3.63) is 10.7 Å². The summed E-state index contributed by atoms with van der Waals surface area (Å²) in [7, 11) is 0. The molecule has 0 aromatic carbocycles. The van der Waals surface area contributed by atoms with Gasteiger partial charge in [-0.2, -0.15) is 16.7 Å². The summed E-state index contributed by atoms with van der Waals surface area (Å²) in [5.74, 6) is 4.15. The van der Waals surface area contributed by atoms with E-state index in [0.717, 1.165) is 29.9 Å². The average molecular weight is 317 g/mol. The molecule has 0 spiro atoms. The van der Waals surface area contributed by atoms with Crippen LogP contribution >= 0.6 is 27.7 Å². The van der Waals surface area contributed by atoms with Crippen molar-refractivity contribution in [1.29, 1.82) is 0 Å². The molecule has 1 aliphatic heterocycles. The molecule has 0 radical (unpaired) electrons. The van der Waals surface area contributed by atoms with Gasteiger partial charge in [-0.15, -0.1) is 0 Å². The molecule has 1 N–H and O–H groups in total. The third-order valence-electron chi connectivity index (χ3n) is 2.58. The summed E-state index contributed by atoms with van der Waals surface area (Å²) in [4.78, 5) is 11.2. The first kappa shape index (κ1) is 13.0. The zero-order valence-corrected chi connectivity index (χ0v) is 12.4. The fraction of sp³-hybridized carbons (Fsp3) is 0.636. The van der Waals surface area contributed by atoms with E-state index in [0.29, 0.717) is 5.95 Å². The summed E-state index contributed by atoms with van der Waals surface area (Å²) in [6.45, 7) is 5.03. The van der Waals surface area contributed by atoms with Gasteiger partial charge in [-0.3, -0.25) is 0 Å². The van der Waals surface area contributed by atoms with Crippen LogP contribution in [0.25, 0.3) is 0 Å². The second kappa shape index (κ2) is 6.44. The van der Waals surface area contributed by atoms with Gasteiger partial charge in [0.1, 0.15) is 5.82 Å². The molecule has 1 aromatic rings. The van der Waals surface area contributed by atoms with Gasteiger partial charge in [0.25, 0.3) is 0 Å². The number of hydrogen-bond acceptors (Lipinski definition) is 5. The number of aromatic nitrogens is 2. The first-order chi connectivity index (χ1) is 8.31. The molecule has 6 heteroatoms. The van der Waals surface area contributed by atoms with Crippen LogP contribution in [0, 0.1) is 0 Å². The largest absolute Gasteiger partial charge is 0.355 e. The van der Waals surface area contributed by atoms with Crippen LogP contribution in [0.3, 0.4) is 0 Å². The van der Waals surface area contributed by atoms with Crippen molar-refractivity contribution in [1.82, 2.24) is 9.97 Å². The molecule has 94 valence electrons. The van der Waals surface area contributed by atoms with Crippen LogP contribution in [0.5, 0.6) is 0 Å². The quantitative estimate of drug-likeness (QED) is 0.928. The van der Waals surface area contributed by atoms with E-state index in [9.17, 15) is 0 Å². The number of rotatable bonds is 3. The van der Waals surface area contributed by atoms with Crippen molar-refractivity contribution in [2.24, 2.45) is 0 Å². The molecular weight excluding hydrogens is 300 g/mol. The minimum Gasteiger partial charge on any atom is -0.355 e. The predicted octanol–water partition coefficient (Wildman–Crippen LogP) is 2.61. The van der Waals surface area contributed by atoms with Crippen LogP contribution in [0.2, 0.25) is 0 Å². The van der Waals surface area contributed by atoms with E-state index in [2.05, 4.69) is 36.1 Å². The maximum atomic E-state index is 4.57. The highest BCUT2D eigenvalue weighted by Crippen LogP contribution is 2.26. The van der Waals surface area contributed by atoms with Crippen LogP contribution < -0.4 is 10.2 Å². The van der Waals surface area contributed by atoms with E-state index in [1.807, 2.05) is 24.9 Å². The Morgan fingerprint density at radius 1 is 1.47 bits per heavy atom. The number of anilines is 2. The van der Waals surface area contributed by atoms with Gasteiger partial charge in [0.2, 0.25) is 5.95 Å². The minimum absolute atomic E-state index is 0.711. The first-order valence-corrected chi connectivity index (χ1v) is 7.85. The molecule has 0 unspecified atom stereocenters. The molecule has 0 atom stereocenters. The monoisotopic (exact) mass is 316 g/mol. The molecule has 0 aliphatic carbocycles. The molecule has 2 rings (SSSR count). The molecule has 4 nitrogen and oxygen atoms in total. The predicted molar refractivity (Wildman–Crippen MR) is 78.1 cm³/mol. The molecule has 1 saturated heterocycles. The molecule has 0 saturated carbocycles. The van der Waals surface area contributed by atoms with E-state index in [1.165, 1.54) is 17.9 Å². The maximum absolute atomic E-state index is 4.57. The second-order valence-corrected chi connectivity index (χ2v) is 5.93. The first-order valence-electron chi connectivity index (χ1n) is 5.90. The van der Waals surface area contributed by atoms with Gasteiger partial charge in [-0.25, -0.2) is 4.98 Å². The van der Waals surface area contributed by atoms with Gasteiger partial charge in [-0.05, 0) is 35.0 Å². The summed E-state index contributed by atoms with van der Waals surface area (Å²) in [5, 5.41) is 3.15. The smallest absolute Gasteiger partial charge is 0.224 e.